The summed E-state index contributed by atoms with van der Waals surface area (Å²) in [5.41, 5.74) is 0.0412. The Morgan fingerprint density at radius 2 is 1.86 bits per heavy atom. The van der Waals surface area contributed by atoms with Gasteiger partial charge in [0.05, 0.1) is 23.5 Å². The number of amides is 1. The van der Waals surface area contributed by atoms with Crippen LogP contribution >= 0.6 is 0 Å². The maximum atomic E-state index is 12.9. The summed E-state index contributed by atoms with van der Waals surface area (Å²) in [5, 5.41) is 0. The molecular weight excluding hydrogens is 397 g/mol. The van der Waals surface area contributed by atoms with Gasteiger partial charge in [0.25, 0.3) is 5.91 Å². The molecule has 6 nitrogen and oxygen atoms in total. The van der Waals surface area contributed by atoms with Crippen molar-refractivity contribution in [2.75, 3.05) is 26.2 Å². The summed E-state index contributed by atoms with van der Waals surface area (Å²) in [6.45, 7) is 5.12. The van der Waals surface area contributed by atoms with E-state index < -0.39 is 35.1 Å². The normalized spacial score (nSPS) is 21.5. The SMILES string of the molecule is CCN(CCC(F)(F)F)C(=O)c1cccc(S(=O)(=O)N2CC(C)OC(C)C2)c1. The van der Waals surface area contributed by atoms with E-state index in [0.29, 0.717) is 0 Å². The molecule has 1 aromatic carbocycles. The van der Waals surface area contributed by atoms with Gasteiger partial charge < -0.3 is 9.64 Å². The minimum atomic E-state index is -4.37. The van der Waals surface area contributed by atoms with Gasteiger partial charge in [-0.3, -0.25) is 4.79 Å². The molecule has 0 aromatic heterocycles. The monoisotopic (exact) mass is 422 g/mol. The Morgan fingerprint density at radius 1 is 1.25 bits per heavy atom. The average Bonchev–Trinajstić information content (AvgIpc) is 2.60. The Hall–Kier alpha value is -1.65. The van der Waals surface area contributed by atoms with Gasteiger partial charge in [-0.25, -0.2) is 8.42 Å². The van der Waals surface area contributed by atoms with Crippen molar-refractivity contribution in [1.82, 2.24) is 9.21 Å². The van der Waals surface area contributed by atoms with Gasteiger partial charge in [-0.05, 0) is 39.0 Å². The predicted octanol–water partition coefficient (Wildman–Crippen LogP) is 2.90. The molecule has 0 saturated carbocycles. The molecule has 158 valence electrons. The van der Waals surface area contributed by atoms with Crippen molar-refractivity contribution in [3.8, 4) is 0 Å². The van der Waals surface area contributed by atoms with Crippen molar-refractivity contribution in [1.29, 1.82) is 0 Å². The van der Waals surface area contributed by atoms with Crippen LogP contribution in [0.5, 0.6) is 0 Å². The van der Waals surface area contributed by atoms with E-state index in [1.165, 1.54) is 28.6 Å². The summed E-state index contributed by atoms with van der Waals surface area (Å²) >= 11 is 0. The van der Waals surface area contributed by atoms with Crippen LogP contribution in [0.1, 0.15) is 37.6 Å². The topological polar surface area (TPSA) is 66.9 Å². The Labute approximate surface area is 163 Å². The summed E-state index contributed by atoms with van der Waals surface area (Å²) in [6.07, 6.45) is -6.01. The number of carbonyl (C=O) groups excluding carboxylic acids is 1. The molecule has 0 bridgehead atoms. The zero-order valence-electron chi connectivity index (χ0n) is 16.1. The van der Waals surface area contributed by atoms with Crippen LogP contribution in [0.15, 0.2) is 29.2 Å². The number of sulfonamides is 1. The summed E-state index contributed by atoms with van der Waals surface area (Å²) in [7, 11) is -3.85. The molecule has 1 heterocycles. The fraction of sp³-hybridized carbons (Fsp3) is 0.611. The second kappa shape index (κ2) is 8.79. The summed E-state index contributed by atoms with van der Waals surface area (Å²) in [6, 6.07) is 5.43. The van der Waals surface area contributed by atoms with Crippen LogP contribution in [0.3, 0.4) is 0 Å². The maximum Gasteiger partial charge on any atom is 0.390 e. The molecule has 10 heteroatoms. The van der Waals surface area contributed by atoms with Gasteiger partial charge in [-0.15, -0.1) is 0 Å². The Bertz CT molecular complexity index is 788. The Morgan fingerprint density at radius 3 is 2.39 bits per heavy atom. The molecule has 1 amide bonds. The highest BCUT2D eigenvalue weighted by molar-refractivity contribution is 7.89. The molecule has 1 aliphatic heterocycles. The minimum absolute atomic E-state index is 0.0412. The zero-order valence-corrected chi connectivity index (χ0v) is 16.9. The van der Waals surface area contributed by atoms with Crippen LogP contribution in [0.4, 0.5) is 13.2 Å². The fourth-order valence-corrected chi connectivity index (χ4v) is 4.75. The highest BCUT2D eigenvalue weighted by Gasteiger charge is 2.33. The van der Waals surface area contributed by atoms with E-state index in [2.05, 4.69) is 0 Å². The number of nitrogens with zero attached hydrogens (tertiary/aromatic N) is 2. The maximum absolute atomic E-state index is 12.9. The molecule has 1 aromatic rings. The van der Waals surface area contributed by atoms with Crippen molar-refractivity contribution in [2.45, 2.75) is 50.5 Å². The molecule has 0 radical (unpaired) electrons. The molecular formula is C18H25F3N2O4S. The number of ether oxygens (including phenoxy) is 1. The lowest BCUT2D eigenvalue weighted by Gasteiger charge is -2.34. The van der Waals surface area contributed by atoms with Crippen molar-refractivity contribution >= 4 is 15.9 Å². The third-order valence-corrected chi connectivity index (χ3v) is 6.27. The van der Waals surface area contributed by atoms with E-state index in [4.69, 9.17) is 4.74 Å². The Kier molecular flexibility index (Phi) is 7.11. The fourth-order valence-electron chi connectivity index (χ4n) is 3.11. The molecule has 0 N–H and O–H groups in total. The first-order chi connectivity index (χ1) is 12.9. The molecule has 1 fully saturated rings. The molecule has 2 atom stereocenters. The smallest absolute Gasteiger partial charge is 0.373 e. The van der Waals surface area contributed by atoms with Gasteiger partial charge in [0.1, 0.15) is 0 Å². The first-order valence-electron chi connectivity index (χ1n) is 9.05. The number of benzene rings is 1. The van der Waals surface area contributed by atoms with E-state index in [1.54, 1.807) is 20.8 Å². The number of alkyl halides is 3. The number of carbonyl (C=O) groups is 1. The van der Waals surface area contributed by atoms with Crippen molar-refractivity contribution in [3.05, 3.63) is 29.8 Å². The first-order valence-corrected chi connectivity index (χ1v) is 10.5. The quantitative estimate of drug-likeness (QED) is 0.707. The van der Waals surface area contributed by atoms with E-state index >= 15 is 0 Å². The lowest BCUT2D eigenvalue weighted by molar-refractivity contribution is -0.136. The van der Waals surface area contributed by atoms with Crippen LogP contribution in [0.25, 0.3) is 0 Å². The number of morpholine rings is 1. The second-order valence-electron chi connectivity index (χ2n) is 6.86. The van der Waals surface area contributed by atoms with E-state index in [-0.39, 0.29) is 42.3 Å². The largest absolute Gasteiger partial charge is 0.390 e. The van der Waals surface area contributed by atoms with Gasteiger partial charge in [-0.2, -0.15) is 17.5 Å². The summed E-state index contributed by atoms with van der Waals surface area (Å²) in [4.78, 5) is 13.6. The van der Waals surface area contributed by atoms with E-state index in [9.17, 15) is 26.4 Å². The van der Waals surface area contributed by atoms with Crippen molar-refractivity contribution in [2.24, 2.45) is 0 Å². The lowest BCUT2D eigenvalue weighted by atomic mass is 10.2. The summed E-state index contributed by atoms with van der Waals surface area (Å²) < 4.78 is 70.2. The van der Waals surface area contributed by atoms with Gasteiger partial charge >= 0.3 is 6.18 Å². The van der Waals surface area contributed by atoms with Crippen LogP contribution in [-0.2, 0) is 14.8 Å². The molecule has 0 spiro atoms. The Balaban J connectivity index is 2.23. The minimum Gasteiger partial charge on any atom is -0.373 e. The molecule has 1 aliphatic rings. The highest BCUT2D eigenvalue weighted by atomic mass is 32.2. The standard InChI is InChI=1S/C18H25F3N2O4S/c1-4-22(9-8-18(19,20)21)17(24)15-6-5-7-16(10-15)28(25,26)23-11-13(2)27-14(3)12-23/h5-7,10,13-14H,4,8-9,11-12H2,1-3H3. The average molecular weight is 422 g/mol. The number of hydrogen-bond acceptors (Lipinski definition) is 4. The third kappa shape index (κ3) is 5.68. The van der Waals surface area contributed by atoms with Crippen LogP contribution in [-0.4, -0.2) is 68.1 Å². The van der Waals surface area contributed by atoms with Crippen molar-refractivity contribution < 1.29 is 31.1 Å². The molecule has 0 aliphatic carbocycles. The third-order valence-electron chi connectivity index (χ3n) is 4.44. The molecule has 28 heavy (non-hydrogen) atoms. The molecule has 2 rings (SSSR count). The van der Waals surface area contributed by atoms with Gasteiger partial charge in [-0.1, -0.05) is 6.07 Å². The summed E-state index contributed by atoms with van der Waals surface area (Å²) in [5.74, 6) is -0.632. The second-order valence-corrected chi connectivity index (χ2v) is 8.80. The van der Waals surface area contributed by atoms with Gasteiger partial charge in [0, 0.05) is 31.7 Å². The highest BCUT2D eigenvalue weighted by Crippen LogP contribution is 2.23. The van der Waals surface area contributed by atoms with Crippen LogP contribution in [0.2, 0.25) is 0 Å². The van der Waals surface area contributed by atoms with E-state index in [1.807, 2.05) is 0 Å². The van der Waals surface area contributed by atoms with Crippen LogP contribution < -0.4 is 0 Å². The predicted molar refractivity (Wildman–Crippen MR) is 97.5 cm³/mol. The zero-order chi connectivity index (χ0) is 21.1. The van der Waals surface area contributed by atoms with Crippen molar-refractivity contribution in [3.63, 3.8) is 0 Å². The molecule has 2 unspecified atom stereocenters. The molecule has 1 saturated heterocycles. The number of halogens is 3. The van der Waals surface area contributed by atoms with Gasteiger partial charge in [0.2, 0.25) is 10.0 Å². The lowest BCUT2D eigenvalue weighted by Crippen LogP contribution is -2.48. The number of rotatable bonds is 6. The van der Waals surface area contributed by atoms with Gasteiger partial charge in [0.15, 0.2) is 0 Å². The number of hydrogen-bond donors (Lipinski definition) is 0. The van der Waals surface area contributed by atoms with Crippen LogP contribution in [0, 0.1) is 0 Å². The first kappa shape index (κ1) is 22.6. The van der Waals surface area contributed by atoms with E-state index in [0.717, 1.165) is 4.90 Å².